The molecule has 1 aliphatic heterocycles. The quantitative estimate of drug-likeness (QED) is 0.801. The van der Waals surface area contributed by atoms with Crippen LogP contribution in [-0.4, -0.2) is 23.9 Å². The Morgan fingerprint density at radius 3 is 2.56 bits per heavy atom. The first-order valence-corrected chi connectivity index (χ1v) is 7.05. The van der Waals surface area contributed by atoms with E-state index >= 15 is 0 Å². The van der Waals surface area contributed by atoms with Gasteiger partial charge in [-0.05, 0) is 44.4 Å². The van der Waals surface area contributed by atoms with Gasteiger partial charge in [0.2, 0.25) is 0 Å². The summed E-state index contributed by atoms with van der Waals surface area (Å²) in [6.07, 6.45) is 9.38. The van der Waals surface area contributed by atoms with Crippen molar-refractivity contribution >= 4 is 0 Å². The highest BCUT2D eigenvalue weighted by Gasteiger charge is 2.40. The minimum absolute atomic E-state index is 0.398. The molecule has 1 aliphatic carbocycles. The van der Waals surface area contributed by atoms with E-state index in [9.17, 15) is 5.11 Å². The van der Waals surface area contributed by atoms with E-state index in [1.54, 1.807) is 0 Å². The van der Waals surface area contributed by atoms with Crippen LogP contribution < -0.4 is 0 Å². The topological polar surface area (TPSA) is 29.5 Å². The first kappa shape index (κ1) is 12.4. The van der Waals surface area contributed by atoms with Crippen LogP contribution in [0, 0.1) is 11.8 Å². The zero-order chi connectivity index (χ0) is 11.4. The molecule has 0 radical (unpaired) electrons. The fourth-order valence-electron chi connectivity index (χ4n) is 3.45. The Bertz CT molecular complexity index is 201. The van der Waals surface area contributed by atoms with Crippen LogP contribution in [0.2, 0.25) is 0 Å². The smallest absolute Gasteiger partial charge is 0.0698 e. The fraction of sp³-hybridized carbons (Fsp3) is 1.00. The van der Waals surface area contributed by atoms with E-state index in [0.717, 1.165) is 44.8 Å². The largest absolute Gasteiger partial charge is 0.390 e. The molecule has 94 valence electrons. The molecule has 0 bridgehead atoms. The first-order valence-electron chi connectivity index (χ1n) is 7.05. The van der Waals surface area contributed by atoms with Crippen LogP contribution in [0.15, 0.2) is 0 Å². The van der Waals surface area contributed by atoms with Gasteiger partial charge in [0.1, 0.15) is 0 Å². The monoisotopic (exact) mass is 226 g/mol. The Hall–Kier alpha value is -0.0800. The Morgan fingerprint density at radius 2 is 2.00 bits per heavy atom. The highest BCUT2D eigenvalue weighted by Crippen LogP contribution is 2.41. The van der Waals surface area contributed by atoms with Crippen LogP contribution in [0.3, 0.4) is 0 Å². The normalized spacial score (nSPS) is 40.9. The second-order valence-electron chi connectivity index (χ2n) is 5.75. The molecule has 2 fully saturated rings. The minimum atomic E-state index is -0.398. The molecule has 1 unspecified atom stereocenters. The van der Waals surface area contributed by atoms with Gasteiger partial charge in [-0.25, -0.2) is 0 Å². The van der Waals surface area contributed by atoms with E-state index in [2.05, 4.69) is 6.92 Å². The molecule has 1 saturated carbocycles. The lowest BCUT2D eigenvalue weighted by atomic mass is 9.70. The van der Waals surface area contributed by atoms with Crippen LogP contribution in [0.4, 0.5) is 0 Å². The Morgan fingerprint density at radius 1 is 1.25 bits per heavy atom. The number of hydrogen-bond donors (Lipinski definition) is 1. The molecule has 2 rings (SSSR count). The molecule has 2 heteroatoms. The van der Waals surface area contributed by atoms with Crippen molar-refractivity contribution in [3.8, 4) is 0 Å². The average molecular weight is 226 g/mol. The first-order chi connectivity index (χ1) is 7.74. The van der Waals surface area contributed by atoms with Gasteiger partial charge < -0.3 is 9.84 Å². The highest BCUT2D eigenvalue weighted by atomic mass is 16.5. The zero-order valence-electron chi connectivity index (χ0n) is 10.6. The lowest BCUT2D eigenvalue weighted by Crippen LogP contribution is -2.45. The second-order valence-corrected chi connectivity index (χ2v) is 5.75. The molecule has 2 aliphatic rings. The molecule has 0 spiro atoms. The van der Waals surface area contributed by atoms with Gasteiger partial charge in [-0.2, -0.15) is 0 Å². The third-order valence-corrected chi connectivity index (χ3v) is 4.59. The van der Waals surface area contributed by atoms with Gasteiger partial charge in [0.25, 0.3) is 0 Å². The summed E-state index contributed by atoms with van der Waals surface area (Å²) in [7, 11) is 0. The molecule has 0 aromatic rings. The number of hydrogen-bond acceptors (Lipinski definition) is 2. The summed E-state index contributed by atoms with van der Waals surface area (Å²) in [6.45, 7) is 3.94. The molecule has 0 amide bonds. The van der Waals surface area contributed by atoms with E-state index < -0.39 is 5.60 Å². The van der Waals surface area contributed by atoms with Crippen molar-refractivity contribution in [1.82, 2.24) is 0 Å². The molecule has 1 heterocycles. The zero-order valence-corrected chi connectivity index (χ0v) is 10.6. The molecule has 1 N–H and O–H groups in total. The van der Waals surface area contributed by atoms with Crippen LogP contribution in [0.5, 0.6) is 0 Å². The highest BCUT2D eigenvalue weighted by molar-refractivity contribution is 4.92. The molecular weight excluding hydrogens is 200 g/mol. The van der Waals surface area contributed by atoms with Crippen molar-refractivity contribution in [3.05, 3.63) is 0 Å². The summed E-state index contributed by atoms with van der Waals surface area (Å²) in [4.78, 5) is 0. The third kappa shape index (κ3) is 2.78. The molecule has 1 atom stereocenters. The van der Waals surface area contributed by atoms with E-state index in [-0.39, 0.29) is 0 Å². The maximum Gasteiger partial charge on any atom is 0.0698 e. The maximum atomic E-state index is 10.7. The van der Waals surface area contributed by atoms with E-state index in [1.807, 2.05) is 0 Å². The van der Waals surface area contributed by atoms with E-state index in [4.69, 9.17) is 4.74 Å². The van der Waals surface area contributed by atoms with Crippen LogP contribution in [0.1, 0.15) is 58.3 Å². The van der Waals surface area contributed by atoms with Crippen molar-refractivity contribution in [2.45, 2.75) is 63.9 Å². The summed E-state index contributed by atoms with van der Waals surface area (Å²) in [5, 5.41) is 10.7. The van der Waals surface area contributed by atoms with Crippen molar-refractivity contribution < 1.29 is 9.84 Å². The molecule has 16 heavy (non-hydrogen) atoms. The molecule has 1 saturated heterocycles. The molecule has 0 aromatic heterocycles. The summed E-state index contributed by atoms with van der Waals surface area (Å²) in [5.41, 5.74) is -0.398. The Labute approximate surface area is 99.4 Å². The van der Waals surface area contributed by atoms with Gasteiger partial charge in [-0.3, -0.25) is 0 Å². The van der Waals surface area contributed by atoms with Crippen molar-refractivity contribution in [2.75, 3.05) is 13.2 Å². The van der Waals surface area contributed by atoms with Gasteiger partial charge >= 0.3 is 0 Å². The Balaban J connectivity index is 1.84. The summed E-state index contributed by atoms with van der Waals surface area (Å²) < 4.78 is 5.51. The van der Waals surface area contributed by atoms with E-state index in [0.29, 0.717) is 5.92 Å². The van der Waals surface area contributed by atoms with E-state index in [1.165, 1.54) is 25.7 Å². The standard InChI is InChI=1S/C14H26O2/c1-2-4-12-6-8-14(15,9-7-12)13-5-3-10-16-11-13/h12-13,15H,2-11H2,1H3. The summed E-state index contributed by atoms with van der Waals surface area (Å²) in [6, 6.07) is 0. The van der Waals surface area contributed by atoms with Crippen LogP contribution in [-0.2, 0) is 4.74 Å². The number of aliphatic hydroxyl groups is 1. The van der Waals surface area contributed by atoms with Crippen molar-refractivity contribution in [1.29, 1.82) is 0 Å². The Kier molecular flexibility index (Phi) is 4.26. The summed E-state index contributed by atoms with van der Waals surface area (Å²) >= 11 is 0. The van der Waals surface area contributed by atoms with Gasteiger partial charge in [0, 0.05) is 12.5 Å². The van der Waals surface area contributed by atoms with Crippen molar-refractivity contribution in [3.63, 3.8) is 0 Å². The average Bonchev–Trinajstić information content (AvgIpc) is 2.34. The third-order valence-electron chi connectivity index (χ3n) is 4.59. The predicted molar refractivity (Wildman–Crippen MR) is 65.4 cm³/mol. The second kappa shape index (κ2) is 5.50. The molecule has 0 aromatic carbocycles. The minimum Gasteiger partial charge on any atom is -0.390 e. The van der Waals surface area contributed by atoms with Gasteiger partial charge in [0.15, 0.2) is 0 Å². The predicted octanol–water partition coefficient (Wildman–Crippen LogP) is 3.13. The van der Waals surface area contributed by atoms with Crippen molar-refractivity contribution in [2.24, 2.45) is 11.8 Å². The lowest BCUT2D eigenvalue weighted by molar-refractivity contribution is -0.105. The van der Waals surface area contributed by atoms with Crippen LogP contribution >= 0.6 is 0 Å². The number of rotatable bonds is 3. The molecule has 2 nitrogen and oxygen atoms in total. The summed E-state index contributed by atoms with van der Waals surface area (Å²) in [5.74, 6) is 1.28. The number of ether oxygens (including phenoxy) is 1. The maximum absolute atomic E-state index is 10.7. The lowest BCUT2D eigenvalue weighted by Gasteiger charge is -2.43. The SMILES string of the molecule is CCCC1CCC(O)(C2CCCOC2)CC1. The fourth-order valence-corrected chi connectivity index (χ4v) is 3.45. The van der Waals surface area contributed by atoms with Gasteiger partial charge in [-0.1, -0.05) is 19.8 Å². The molecular formula is C14H26O2. The van der Waals surface area contributed by atoms with Gasteiger partial charge in [-0.15, -0.1) is 0 Å². The van der Waals surface area contributed by atoms with Crippen LogP contribution in [0.25, 0.3) is 0 Å². The van der Waals surface area contributed by atoms with Gasteiger partial charge in [0.05, 0.1) is 12.2 Å².